The Bertz CT molecular complexity index is 615. The van der Waals surface area contributed by atoms with E-state index in [0.29, 0.717) is 30.6 Å². The van der Waals surface area contributed by atoms with Gasteiger partial charge in [0.2, 0.25) is 0 Å². The number of benzene rings is 1. The van der Waals surface area contributed by atoms with Gasteiger partial charge in [-0.3, -0.25) is 0 Å². The maximum atomic E-state index is 14.7. The van der Waals surface area contributed by atoms with Crippen molar-refractivity contribution in [2.75, 3.05) is 13.2 Å². The summed E-state index contributed by atoms with van der Waals surface area (Å²) in [4.78, 5) is 0. The second kappa shape index (κ2) is 13.6. The summed E-state index contributed by atoms with van der Waals surface area (Å²) in [5, 5.41) is 0. The fourth-order valence-electron chi connectivity index (χ4n) is 5.45. The smallest absolute Gasteiger partial charge is 0.186 e. The molecule has 1 saturated carbocycles. The molecule has 0 bridgehead atoms. The van der Waals surface area contributed by atoms with Gasteiger partial charge in [-0.1, -0.05) is 90.2 Å². The minimum atomic E-state index is -0.541. The Kier molecular flexibility index (Phi) is 10.8. The van der Waals surface area contributed by atoms with Crippen molar-refractivity contribution in [1.82, 2.24) is 0 Å². The number of ether oxygens (including phenoxy) is 2. The summed E-state index contributed by atoms with van der Waals surface area (Å²) in [6.07, 6.45) is 17.5. The minimum absolute atomic E-state index is 0.179. The highest BCUT2D eigenvalue weighted by Crippen LogP contribution is 2.39. The molecular weight excluding hydrogens is 387 g/mol. The number of aryl methyl sites for hydroxylation is 1. The van der Waals surface area contributed by atoms with E-state index in [1.54, 1.807) is 6.07 Å². The van der Waals surface area contributed by atoms with E-state index in [-0.39, 0.29) is 5.82 Å². The van der Waals surface area contributed by atoms with Crippen LogP contribution < -0.4 is 0 Å². The van der Waals surface area contributed by atoms with Gasteiger partial charge < -0.3 is 9.47 Å². The predicted molar refractivity (Wildman–Crippen MR) is 127 cm³/mol. The van der Waals surface area contributed by atoms with E-state index < -0.39 is 6.29 Å². The number of unbranched alkanes of at least 4 members (excludes halogenated alkanes) is 6. The second-order valence-corrected chi connectivity index (χ2v) is 10.1. The lowest BCUT2D eigenvalue weighted by atomic mass is 9.74. The Hall–Kier alpha value is -0.930. The predicted octanol–water partition coefficient (Wildman–Crippen LogP) is 8.39. The molecule has 176 valence electrons. The van der Waals surface area contributed by atoms with Gasteiger partial charge in [0.1, 0.15) is 5.82 Å². The molecular formula is C28H45FO2. The third-order valence-corrected chi connectivity index (χ3v) is 7.59. The lowest BCUT2D eigenvalue weighted by Gasteiger charge is -2.38. The van der Waals surface area contributed by atoms with Crippen molar-refractivity contribution in [2.45, 2.75) is 110 Å². The third kappa shape index (κ3) is 7.86. The van der Waals surface area contributed by atoms with Gasteiger partial charge in [0.15, 0.2) is 6.29 Å². The van der Waals surface area contributed by atoms with Crippen molar-refractivity contribution in [3.63, 3.8) is 0 Å². The standard InChI is InChI=1S/C28H45FO2/c1-3-5-7-8-10-12-23-15-18-26(27(29)19-23)28-30-20-25(21-31-28)24-16-13-22(14-17-24)11-9-6-4-2/h15,18-19,22,24-25,28H,3-14,16-17,20-21H2,1-2H3/t22?,24?,25-,28-. The largest absolute Gasteiger partial charge is 0.348 e. The zero-order valence-electron chi connectivity index (χ0n) is 20.0. The van der Waals surface area contributed by atoms with E-state index in [4.69, 9.17) is 9.47 Å². The first kappa shape index (κ1) is 24.7. The number of hydrogen-bond donors (Lipinski definition) is 0. The van der Waals surface area contributed by atoms with Gasteiger partial charge in [0.25, 0.3) is 0 Å². The van der Waals surface area contributed by atoms with Gasteiger partial charge in [-0.15, -0.1) is 0 Å². The molecule has 1 heterocycles. The van der Waals surface area contributed by atoms with Crippen molar-refractivity contribution in [3.8, 4) is 0 Å². The van der Waals surface area contributed by atoms with E-state index in [2.05, 4.69) is 19.9 Å². The highest BCUT2D eigenvalue weighted by molar-refractivity contribution is 5.25. The molecule has 1 aliphatic heterocycles. The molecule has 0 spiro atoms. The lowest BCUT2D eigenvalue weighted by Crippen LogP contribution is -2.34. The topological polar surface area (TPSA) is 18.5 Å². The van der Waals surface area contributed by atoms with Crippen molar-refractivity contribution in [2.24, 2.45) is 17.8 Å². The SMILES string of the molecule is CCCCCCCc1ccc([C@H]2OC[C@H](C3CCC(CCCCC)CC3)CO2)c(F)c1. The quantitative estimate of drug-likeness (QED) is 0.309. The number of halogens is 1. The average molecular weight is 433 g/mol. The summed E-state index contributed by atoms with van der Waals surface area (Å²) in [6, 6.07) is 5.62. The number of hydrogen-bond acceptors (Lipinski definition) is 2. The Morgan fingerprint density at radius 2 is 1.48 bits per heavy atom. The second-order valence-electron chi connectivity index (χ2n) is 10.1. The minimum Gasteiger partial charge on any atom is -0.348 e. The van der Waals surface area contributed by atoms with E-state index in [0.717, 1.165) is 24.3 Å². The van der Waals surface area contributed by atoms with Crippen LogP contribution in [-0.4, -0.2) is 13.2 Å². The molecule has 0 radical (unpaired) electrons. The molecule has 31 heavy (non-hydrogen) atoms. The van der Waals surface area contributed by atoms with Crippen LogP contribution in [0.4, 0.5) is 4.39 Å². The molecule has 1 aliphatic carbocycles. The highest BCUT2D eigenvalue weighted by atomic mass is 19.1. The third-order valence-electron chi connectivity index (χ3n) is 7.59. The van der Waals surface area contributed by atoms with Crippen molar-refractivity contribution in [3.05, 3.63) is 35.1 Å². The van der Waals surface area contributed by atoms with Crippen molar-refractivity contribution in [1.29, 1.82) is 0 Å². The Morgan fingerprint density at radius 3 is 2.16 bits per heavy atom. The van der Waals surface area contributed by atoms with Crippen molar-refractivity contribution < 1.29 is 13.9 Å². The molecule has 0 unspecified atom stereocenters. The van der Waals surface area contributed by atoms with Crippen LogP contribution in [0.25, 0.3) is 0 Å². The Labute approximate surface area is 190 Å². The fraction of sp³-hybridized carbons (Fsp3) is 0.786. The summed E-state index contributed by atoms with van der Waals surface area (Å²) < 4.78 is 26.8. The molecule has 2 fully saturated rings. The maximum Gasteiger partial charge on any atom is 0.186 e. The van der Waals surface area contributed by atoms with Gasteiger partial charge in [-0.2, -0.15) is 0 Å². The van der Waals surface area contributed by atoms with Crippen LogP contribution in [0.2, 0.25) is 0 Å². The van der Waals surface area contributed by atoms with Gasteiger partial charge in [0.05, 0.1) is 13.2 Å². The zero-order valence-corrected chi connectivity index (χ0v) is 20.0. The molecule has 0 atom stereocenters. The summed E-state index contributed by atoms with van der Waals surface area (Å²) in [5.41, 5.74) is 1.65. The van der Waals surface area contributed by atoms with Gasteiger partial charge >= 0.3 is 0 Å². The van der Waals surface area contributed by atoms with Gasteiger partial charge in [-0.05, 0) is 49.1 Å². The summed E-state index contributed by atoms with van der Waals surface area (Å²) in [7, 11) is 0. The van der Waals surface area contributed by atoms with Crippen LogP contribution >= 0.6 is 0 Å². The van der Waals surface area contributed by atoms with Crippen molar-refractivity contribution >= 4 is 0 Å². The van der Waals surface area contributed by atoms with Crippen LogP contribution in [0.15, 0.2) is 18.2 Å². The summed E-state index contributed by atoms with van der Waals surface area (Å²) in [6.45, 7) is 5.91. The lowest BCUT2D eigenvalue weighted by molar-refractivity contribution is -0.215. The Morgan fingerprint density at radius 1 is 0.806 bits per heavy atom. The van der Waals surface area contributed by atoms with Crippen LogP contribution in [0.5, 0.6) is 0 Å². The molecule has 1 aromatic rings. The molecule has 0 aromatic heterocycles. The van der Waals surface area contributed by atoms with Crippen LogP contribution in [-0.2, 0) is 15.9 Å². The first-order chi connectivity index (χ1) is 15.2. The highest BCUT2D eigenvalue weighted by Gasteiger charge is 2.33. The first-order valence-corrected chi connectivity index (χ1v) is 13.2. The molecule has 2 aliphatic rings. The molecule has 1 aromatic carbocycles. The average Bonchev–Trinajstić information content (AvgIpc) is 2.80. The van der Waals surface area contributed by atoms with E-state index >= 15 is 0 Å². The molecule has 3 heteroatoms. The van der Waals surface area contributed by atoms with Gasteiger partial charge in [0, 0.05) is 11.5 Å². The number of rotatable bonds is 12. The Balaban J connectivity index is 1.39. The summed E-state index contributed by atoms with van der Waals surface area (Å²) in [5.74, 6) is 1.93. The van der Waals surface area contributed by atoms with E-state index in [1.165, 1.54) is 77.0 Å². The fourth-order valence-corrected chi connectivity index (χ4v) is 5.45. The molecule has 0 N–H and O–H groups in total. The van der Waals surface area contributed by atoms with Crippen LogP contribution in [0, 0.1) is 23.6 Å². The summed E-state index contributed by atoms with van der Waals surface area (Å²) >= 11 is 0. The zero-order chi connectivity index (χ0) is 21.9. The molecule has 1 saturated heterocycles. The molecule has 2 nitrogen and oxygen atoms in total. The van der Waals surface area contributed by atoms with Crippen LogP contribution in [0.1, 0.15) is 115 Å². The first-order valence-electron chi connectivity index (χ1n) is 13.2. The monoisotopic (exact) mass is 432 g/mol. The molecule has 0 amide bonds. The maximum absolute atomic E-state index is 14.7. The van der Waals surface area contributed by atoms with Gasteiger partial charge in [-0.25, -0.2) is 4.39 Å². The normalized spacial score (nSPS) is 26.8. The van der Waals surface area contributed by atoms with Crippen LogP contribution in [0.3, 0.4) is 0 Å². The van der Waals surface area contributed by atoms with E-state index in [1.807, 2.05) is 6.07 Å². The molecule has 3 rings (SSSR count). The van der Waals surface area contributed by atoms with E-state index in [9.17, 15) is 4.39 Å².